The molecule has 2 aromatic carbocycles. The van der Waals surface area contributed by atoms with Crippen LogP contribution in [0.3, 0.4) is 0 Å². The number of carbonyl (C=O) groups excluding carboxylic acids is 1. The molecule has 29 heavy (non-hydrogen) atoms. The van der Waals surface area contributed by atoms with Gasteiger partial charge in [0.05, 0.1) is 29.0 Å². The van der Waals surface area contributed by atoms with E-state index < -0.39 is 12.0 Å². The summed E-state index contributed by atoms with van der Waals surface area (Å²) in [7, 11) is 1.32. The van der Waals surface area contributed by atoms with Gasteiger partial charge in [-0.1, -0.05) is 53.8 Å². The van der Waals surface area contributed by atoms with Crippen LogP contribution in [0.5, 0.6) is 5.75 Å². The Morgan fingerprint density at radius 3 is 2.52 bits per heavy atom. The Bertz CT molecular complexity index is 1290. The summed E-state index contributed by atoms with van der Waals surface area (Å²) in [5.41, 5.74) is 2.24. The number of phenolic OH excluding ortho intramolecular Hbond substituents is 1. The molecule has 6 nitrogen and oxygen atoms in total. The smallest absolute Gasteiger partial charge is 0.338 e. The molecule has 4 rings (SSSR count). The van der Waals surface area contributed by atoms with Crippen molar-refractivity contribution < 1.29 is 14.6 Å². The molecule has 0 bridgehead atoms. The van der Waals surface area contributed by atoms with E-state index >= 15 is 0 Å². The van der Waals surface area contributed by atoms with E-state index in [2.05, 4.69) is 4.99 Å². The summed E-state index contributed by atoms with van der Waals surface area (Å²) in [6.45, 7) is 1.75. The number of carbonyl (C=O) groups is 1. The Morgan fingerprint density at radius 1 is 1.17 bits per heavy atom. The lowest BCUT2D eigenvalue weighted by Gasteiger charge is -2.24. The highest BCUT2D eigenvalue weighted by molar-refractivity contribution is 7.07. The van der Waals surface area contributed by atoms with Crippen molar-refractivity contribution in [3.8, 4) is 5.75 Å². The number of thiazole rings is 1. The predicted octanol–water partition coefficient (Wildman–Crippen LogP) is 2.11. The number of nitrogens with zero attached hydrogens (tertiary/aromatic N) is 2. The number of hydrogen-bond donors (Lipinski definition) is 1. The molecule has 1 atom stereocenters. The molecule has 1 aliphatic rings. The van der Waals surface area contributed by atoms with Crippen LogP contribution in [0.1, 0.15) is 24.1 Å². The van der Waals surface area contributed by atoms with E-state index in [0.717, 1.165) is 11.1 Å². The largest absolute Gasteiger partial charge is 0.508 e. The molecule has 0 saturated heterocycles. The topological polar surface area (TPSA) is 80.9 Å². The standard InChI is InChI=1S/C22H18N2O4S/c1-13-18(21(27)28-2)19(15-6-4-3-5-7-15)24-20(26)17(29-22(24)23-13)12-14-8-10-16(25)11-9-14/h3-12,19,25H,1-2H3/b17-12+/t19-/m0/s1. The van der Waals surface area contributed by atoms with Gasteiger partial charge in [0.1, 0.15) is 5.75 Å². The fraction of sp³-hybridized carbons (Fsp3) is 0.136. The normalized spacial score (nSPS) is 16.3. The third-order valence-electron chi connectivity index (χ3n) is 4.73. The van der Waals surface area contributed by atoms with E-state index in [1.807, 2.05) is 30.3 Å². The van der Waals surface area contributed by atoms with E-state index in [-0.39, 0.29) is 11.3 Å². The lowest BCUT2D eigenvalue weighted by atomic mass is 9.96. The molecule has 146 valence electrons. The predicted molar refractivity (Wildman–Crippen MR) is 110 cm³/mol. The van der Waals surface area contributed by atoms with Gasteiger partial charge in [0.25, 0.3) is 5.56 Å². The van der Waals surface area contributed by atoms with E-state index in [9.17, 15) is 14.7 Å². The van der Waals surface area contributed by atoms with Crippen LogP contribution in [-0.2, 0) is 9.53 Å². The van der Waals surface area contributed by atoms with Gasteiger partial charge in [-0.3, -0.25) is 9.36 Å². The average Bonchev–Trinajstić information content (AvgIpc) is 3.03. The Morgan fingerprint density at radius 2 is 1.86 bits per heavy atom. The molecule has 0 radical (unpaired) electrons. The first-order chi connectivity index (χ1) is 14.0. The molecule has 1 aromatic heterocycles. The summed E-state index contributed by atoms with van der Waals surface area (Å²) < 4.78 is 7.02. The highest BCUT2D eigenvalue weighted by Crippen LogP contribution is 2.30. The summed E-state index contributed by atoms with van der Waals surface area (Å²) >= 11 is 1.26. The molecule has 1 N–H and O–H groups in total. The fourth-order valence-corrected chi connectivity index (χ4v) is 4.41. The fourth-order valence-electron chi connectivity index (χ4n) is 3.37. The number of aromatic hydroxyl groups is 1. The van der Waals surface area contributed by atoms with Gasteiger partial charge in [-0.05, 0) is 36.3 Å². The summed E-state index contributed by atoms with van der Waals surface area (Å²) in [6, 6.07) is 15.4. The number of rotatable bonds is 3. The van der Waals surface area contributed by atoms with Crippen molar-refractivity contribution in [3.63, 3.8) is 0 Å². The van der Waals surface area contributed by atoms with Gasteiger partial charge in [0, 0.05) is 0 Å². The van der Waals surface area contributed by atoms with Gasteiger partial charge < -0.3 is 9.84 Å². The average molecular weight is 406 g/mol. The minimum absolute atomic E-state index is 0.158. The molecule has 0 amide bonds. The van der Waals surface area contributed by atoms with E-state index in [4.69, 9.17) is 4.74 Å². The molecule has 0 spiro atoms. The second kappa shape index (κ2) is 7.52. The first kappa shape index (κ1) is 18.9. The second-order valence-corrected chi connectivity index (χ2v) is 7.58. The van der Waals surface area contributed by atoms with Gasteiger partial charge in [-0.15, -0.1) is 0 Å². The van der Waals surface area contributed by atoms with Crippen LogP contribution in [0.15, 0.2) is 75.7 Å². The van der Waals surface area contributed by atoms with Gasteiger partial charge in [0.2, 0.25) is 0 Å². The Labute approximate surface area is 170 Å². The van der Waals surface area contributed by atoms with Crippen LogP contribution in [0.2, 0.25) is 0 Å². The Balaban J connectivity index is 1.97. The van der Waals surface area contributed by atoms with Crippen LogP contribution in [-0.4, -0.2) is 22.8 Å². The molecule has 3 aromatic rings. The summed E-state index contributed by atoms with van der Waals surface area (Å²) in [5.74, 6) is -0.348. The monoisotopic (exact) mass is 406 g/mol. The first-order valence-electron chi connectivity index (χ1n) is 8.94. The number of fused-ring (bicyclic) bond motifs is 1. The third kappa shape index (κ3) is 3.40. The maximum Gasteiger partial charge on any atom is 0.338 e. The van der Waals surface area contributed by atoms with Crippen molar-refractivity contribution in [1.29, 1.82) is 0 Å². The van der Waals surface area contributed by atoms with Crippen molar-refractivity contribution in [2.45, 2.75) is 13.0 Å². The van der Waals surface area contributed by atoms with Crippen LogP contribution in [0.4, 0.5) is 0 Å². The van der Waals surface area contributed by atoms with Crippen LogP contribution in [0, 0.1) is 0 Å². The zero-order valence-electron chi connectivity index (χ0n) is 15.8. The minimum atomic E-state index is -0.609. The molecule has 1 aliphatic heterocycles. The molecule has 7 heteroatoms. The number of benzene rings is 2. The van der Waals surface area contributed by atoms with Crippen molar-refractivity contribution in [2.24, 2.45) is 4.99 Å². The van der Waals surface area contributed by atoms with Crippen molar-refractivity contribution in [2.75, 3.05) is 7.11 Å². The number of hydrogen-bond acceptors (Lipinski definition) is 6. The Kier molecular flexibility index (Phi) is 4.90. The molecule has 2 heterocycles. The molecule has 0 aliphatic carbocycles. The second-order valence-electron chi connectivity index (χ2n) is 6.58. The maximum absolute atomic E-state index is 13.3. The molecular weight excluding hydrogens is 388 g/mol. The van der Waals surface area contributed by atoms with Crippen molar-refractivity contribution in [3.05, 3.63) is 96.7 Å². The summed E-state index contributed by atoms with van der Waals surface area (Å²) in [5, 5.41) is 9.46. The first-order valence-corrected chi connectivity index (χ1v) is 9.76. The van der Waals surface area contributed by atoms with E-state index in [1.54, 1.807) is 41.8 Å². The van der Waals surface area contributed by atoms with Crippen LogP contribution in [0.25, 0.3) is 6.08 Å². The zero-order chi connectivity index (χ0) is 20.5. The number of methoxy groups -OCH3 is 1. The lowest BCUT2D eigenvalue weighted by Crippen LogP contribution is -2.39. The third-order valence-corrected chi connectivity index (χ3v) is 5.72. The number of phenols is 1. The van der Waals surface area contributed by atoms with E-state index in [0.29, 0.717) is 20.6 Å². The molecule has 0 unspecified atom stereocenters. The zero-order valence-corrected chi connectivity index (χ0v) is 16.6. The minimum Gasteiger partial charge on any atom is -0.508 e. The van der Waals surface area contributed by atoms with Gasteiger partial charge in [-0.25, -0.2) is 9.79 Å². The van der Waals surface area contributed by atoms with Crippen LogP contribution < -0.4 is 14.9 Å². The van der Waals surface area contributed by atoms with Crippen LogP contribution >= 0.6 is 11.3 Å². The molecule has 0 fully saturated rings. The summed E-state index contributed by atoms with van der Waals surface area (Å²) in [4.78, 5) is 30.9. The van der Waals surface area contributed by atoms with Gasteiger partial charge in [0.15, 0.2) is 4.80 Å². The van der Waals surface area contributed by atoms with Crippen molar-refractivity contribution in [1.82, 2.24) is 4.57 Å². The lowest BCUT2D eigenvalue weighted by molar-refractivity contribution is -0.136. The quantitative estimate of drug-likeness (QED) is 0.676. The highest BCUT2D eigenvalue weighted by atomic mass is 32.1. The van der Waals surface area contributed by atoms with E-state index in [1.165, 1.54) is 18.4 Å². The SMILES string of the molecule is COC(=O)C1=C(C)N=c2s/c(=C/c3ccc(O)cc3)c(=O)n2[C@H]1c1ccccc1. The van der Waals surface area contributed by atoms with Gasteiger partial charge >= 0.3 is 5.97 Å². The number of esters is 1. The maximum atomic E-state index is 13.3. The number of ether oxygens (including phenoxy) is 1. The number of aromatic nitrogens is 1. The van der Waals surface area contributed by atoms with Crippen molar-refractivity contribution >= 4 is 23.4 Å². The molecule has 0 saturated carbocycles. The highest BCUT2D eigenvalue weighted by Gasteiger charge is 2.32. The van der Waals surface area contributed by atoms with Gasteiger partial charge in [-0.2, -0.15) is 0 Å². The number of allylic oxidation sites excluding steroid dienone is 1. The Hall–Kier alpha value is -3.45. The summed E-state index contributed by atoms with van der Waals surface area (Å²) in [6.07, 6.45) is 1.75. The molecular formula is C22H18N2O4S.